The van der Waals surface area contributed by atoms with Crippen LogP contribution in [0, 0.1) is 5.41 Å². The fourth-order valence-corrected chi connectivity index (χ4v) is 4.22. The van der Waals surface area contributed by atoms with Crippen molar-refractivity contribution in [3.8, 4) is 0 Å². The summed E-state index contributed by atoms with van der Waals surface area (Å²) in [6.07, 6.45) is 5.62. The van der Waals surface area contributed by atoms with Crippen LogP contribution in [0.15, 0.2) is 86.9 Å². The minimum absolute atomic E-state index is 0.0218. The van der Waals surface area contributed by atoms with E-state index in [9.17, 15) is 4.79 Å². The van der Waals surface area contributed by atoms with Gasteiger partial charge >= 0.3 is 0 Å². The van der Waals surface area contributed by atoms with Crippen molar-refractivity contribution in [3.63, 3.8) is 0 Å². The molecule has 2 aromatic rings. The average molecular weight is 415 g/mol. The van der Waals surface area contributed by atoms with E-state index in [0.717, 1.165) is 29.7 Å². The molecule has 1 heterocycles. The van der Waals surface area contributed by atoms with E-state index in [0.29, 0.717) is 16.4 Å². The molecule has 5 heteroatoms. The van der Waals surface area contributed by atoms with Crippen LogP contribution in [-0.2, 0) is 17.4 Å². The molecule has 0 saturated heterocycles. The van der Waals surface area contributed by atoms with E-state index in [2.05, 4.69) is 31.8 Å². The van der Waals surface area contributed by atoms with Crippen LogP contribution in [0.3, 0.4) is 0 Å². The van der Waals surface area contributed by atoms with Gasteiger partial charge in [0.25, 0.3) is 5.91 Å². The minimum Gasteiger partial charge on any atom is -0.779 e. The number of amidine groups is 1. The first kappa shape index (κ1) is 20.2. The quantitative estimate of drug-likeness (QED) is 0.386. The molecule has 0 radical (unpaired) electrons. The van der Waals surface area contributed by atoms with Gasteiger partial charge in [-0.2, -0.15) is 15.0 Å². The standard InChI is InChI=1S/C25H25N3OS/c1-17-13-20(16-25(2,3)15-17)27-28-23(18-9-5-4-6-10-18)26-21(24(28)29)14-19-11-7-8-12-22(19)30/h4-12,14-15,30H,13,16H2,1-3H3/p-1/b21-14-,27-20-. The number of hydrazone groups is 1. The van der Waals surface area contributed by atoms with Gasteiger partial charge in [-0.25, -0.2) is 4.99 Å². The van der Waals surface area contributed by atoms with Gasteiger partial charge in [-0.15, -0.1) is 0 Å². The second-order valence-electron chi connectivity index (χ2n) is 8.48. The monoisotopic (exact) mass is 414 g/mol. The third-order valence-corrected chi connectivity index (χ3v) is 5.47. The van der Waals surface area contributed by atoms with Gasteiger partial charge in [0.1, 0.15) is 5.70 Å². The Kier molecular flexibility index (Phi) is 5.39. The maximum Gasteiger partial charge on any atom is 0.298 e. The van der Waals surface area contributed by atoms with E-state index in [-0.39, 0.29) is 11.3 Å². The molecule has 1 aliphatic carbocycles. The van der Waals surface area contributed by atoms with E-state index in [1.165, 1.54) is 10.6 Å². The van der Waals surface area contributed by atoms with Crippen LogP contribution in [0.2, 0.25) is 0 Å². The number of carbonyl (C=O) groups is 1. The van der Waals surface area contributed by atoms with Crippen molar-refractivity contribution in [2.75, 3.05) is 0 Å². The maximum absolute atomic E-state index is 13.3. The molecular formula is C25H24N3OS-. The molecule has 0 unspecified atom stereocenters. The van der Waals surface area contributed by atoms with E-state index < -0.39 is 0 Å². The number of aliphatic imine (C=N–C) groups is 1. The van der Waals surface area contributed by atoms with Gasteiger partial charge in [-0.3, -0.25) is 4.79 Å². The summed E-state index contributed by atoms with van der Waals surface area (Å²) in [5.74, 6) is 0.316. The van der Waals surface area contributed by atoms with Crippen LogP contribution in [0.5, 0.6) is 0 Å². The highest BCUT2D eigenvalue weighted by Gasteiger charge is 2.33. The average Bonchev–Trinajstić information content (AvgIpc) is 2.98. The predicted molar refractivity (Wildman–Crippen MR) is 124 cm³/mol. The summed E-state index contributed by atoms with van der Waals surface area (Å²) in [7, 11) is 0. The Bertz CT molecular complexity index is 1110. The topological polar surface area (TPSA) is 45.0 Å². The summed E-state index contributed by atoms with van der Waals surface area (Å²) < 4.78 is 0. The van der Waals surface area contributed by atoms with E-state index >= 15 is 0 Å². The molecule has 2 aromatic carbocycles. The van der Waals surface area contributed by atoms with Crippen LogP contribution in [0.1, 0.15) is 44.7 Å². The Morgan fingerprint density at radius 2 is 1.80 bits per heavy atom. The lowest BCUT2D eigenvalue weighted by molar-refractivity contribution is -0.122. The first-order valence-corrected chi connectivity index (χ1v) is 10.4. The molecule has 0 saturated carbocycles. The molecular weight excluding hydrogens is 390 g/mol. The second-order valence-corrected chi connectivity index (χ2v) is 8.92. The Hall–Kier alpha value is -3.05. The van der Waals surface area contributed by atoms with Gasteiger partial charge in [0.15, 0.2) is 5.84 Å². The molecule has 4 rings (SSSR count). The normalized spacial score (nSPS) is 21.2. The Morgan fingerprint density at radius 3 is 2.50 bits per heavy atom. The molecule has 0 atom stereocenters. The number of benzene rings is 2. The highest BCUT2D eigenvalue weighted by atomic mass is 32.1. The summed E-state index contributed by atoms with van der Waals surface area (Å²) in [5.41, 5.74) is 4.28. The molecule has 1 amide bonds. The summed E-state index contributed by atoms with van der Waals surface area (Å²) in [6.45, 7) is 6.49. The predicted octanol–water partition coefficient (Wildman–Crippen LogP) is 5.34. The SMILES string of the molecule is CC1=CC(C)(C)C/C(=N\N2C(=O)/C(=C/c3ccccc3[S-])N=C2c2ccccc2)C1. The number of hydrogen-bond acceptors (Lipinski definition) is 4. The molecule has 30 heavy (non-hydrogen) atoms. The number of hydrogen-bond donors (Lipinski definition) is 0. The minimum atomic E-state index is -0.232. The van der Waals surface area contributed by atoms with Gasteiger partial charge in [0.2, 0.25) is 0 Å². The summed E-state index contributed by atoms with van der Waals surface area (Å²) in [6, 6.07) is 17.2. The third kappa shape index (κ3) is 4.26. The molecule has 1 aliphatic heterocycles. The molecule has 4 nitrogen and oxygen atoms in total. The smallest absolute Gasteiger partial charge is 0.298 e. The van der Waals surface area contributed by atoms with Crippen molar-refractivity contribution >= 4 is 36.2 Å². The fourth-order valence-electron chi connectivity index (χ4n) is 4.01. The van der Waals surface area contributed by atoms with Gasteiger partial charge in [0, 0.05) is 17.7 Å². The zero-order valence-corrected chi connectivity index (χ0v) is 18.2. The first-order valence-electron chi connectivity index (χ1n) is 10.0. The molecule has 152 valence electrons. The second kappa shape index (κ2) is 8.00. The molecule has 0 N–H and O–H groups in total. The van der Waals surface area contributed by atoms with Crippen LogP contribution in [0.4, 0.5) is 0 Å². The number of nitrogens with zero attached hydrogens (tertiary/aromatic N) is 3. The molecule has 0 bridgehead atoms. The van der Waals surface area contributed by atoms with Gasteiger partial charge < -0.3 is 12.6 Å². The zero-order valence-electron chi connectivity index (χ0n) is 17.4. The van der Waals surface area contributed by atoms with Crippen LogP contribution >= 0.6 is 0 Å². The third-order valence-electron chi connectivity index (χ3n) is 5.10. The Labute approximate surface area is 183 Å². The maximum atomic E-state index is 13.3. The number of allylic oxidation sites excluding steroid dienone is 2. The van der Waals surface area contributed by atoms with Crippen molar-refractivity contribution < 1.29 is 4.79 Å². The molecule has 0 fully saturated rings. The molecule has 2 aliphatic rings. The lowest BCUT2D eigenvalue weighted by Crippen LogP contribution is -2.31. The van der Waals surface area contributed by atoms with Crippen molar-refractivity contribution in [2.45, 2.75) is 38.5 Å². The first-order chi connectivity index (χ1) is 14.3. The number of carbonyl (C=O) groups excluding carboxylic acids is 1. The largest absolute Gasteiger partial charge is 0.779 e. The van der Waals surface area contributed by atoms with Crippen LogP contribution < -0.4 is 0 Å². The summed E-state index contributed by atoms with van der Waals surface area (Å²) >= 11 is 5.39. The number of rotatable bonds is 3. The van der Waals surface area contributed by atoms with Crippen molar-refractivity contribution in [1.82, 2.24) is 5.01 Å². The molecule has 0 aromatic heterocycles. The van der Waals surface area contributed by atoms with Gasteiger partial charge in [-0.1, -0.05) is 80.1 Å². The van der Waals surface area contributed by atoms with Crippen LogP contribution in [0.25, 0.3) is 6.08 Å². The van der Waals surface area contributed by atoms with E-state index in [4.69, 9.17) is 17.7 Å². The Morgan fingerprint density at radius 1 is 1.10 bits per heavy atom. The zero-order chi connectivity index (χ0) is 21.3. The Balaban J connectivity index is 1.77. The van der Waals surface area contributed by atoms with E-state index in [1.807, 2.05) is 54.6 Å². The van der Waals surface area contributed by atoms with Crippen molar-refractivity contribution in [3.05, 3.63) is 83.1 Å². The van der Waals surface area contributed by atoms with Gasteiger partial charge in [0.05, 0.1) is 0 Å². The lowest BCUT2D eigenvalue weighted by Gasteiger charge is -2.28. The summed E-state index contributed by atoms with van der Waals surface area (Å²) in [4.78, 5) is 18.7. The number of amides is 1. The van der Waals surface area contributed by atoms with Crippen LogP contribution in [-0.4, -0.2) is 22.5 Å². The highest BCUT2D eigenvalue weighted by Crippen LogP contribution is 2.33. The summed E-state index contributed by atoms with van der Waals surface area (Å²) in [5, 5.41) is 6.25. The van der Waals surface area contributed by atoms with Crippen molar-refractivity contribution in [1.29, 1.82) is 0 Å². The lowest BCUT2D eigenvalue weighted by atomic mass is 9.79. The van der Waals surface area contributed by atoms with Gasteiger partial charge in [-0.05, 0) is 30.4 Å². The van der Waals surface area contributed by atoms with Crippen molar-refractivity contribution in [2.24, 2.45) is 15.5 Å². The fraction of sp³-hybridized carbons (Fsp3) is 0.240. The molecule has 0 spiro atoms. The highest BCUT2D eigenvalue weighted by molar-refractivity contribution is 7.58. The van der Waals surface area contributed by atoms with E-state index in [1.54, 1.807) is 6.08 Å².